The second-order valence-electron chi connectivity index (χ2n) is 9.43. The molecular formula is C27H32N5O8+. The molecule has 212 valence electrons. The smallest absolute Gasteiger partial charge is 0.316 e. The van der Waals surface area contributed by atoms with Crippen LogP contribution >= 0.6 is 0 Å². The van der Waals surface area contributed by atoms with Gasteiger partial charge in [-0.25, -0.2) is 5.21 Å². The van der Waals surface area contributed by atoms with Crippen LogP contribution < -0.4 is 16.0 Å². The molecule has 0 aromatic heterocycles. The molecule has 13 nitrogen and oxygen atoms in total. The van der Waals surface area contributed by atoms with E-state index in [1.54, 1.807) is 12.1 Å². The van der Waals surface area contributed by atoms with E-state index in [0.29, 0.717) is 18.5 Å². The van der Waals surface area contributed by atoms with Gasteiger partial charge < -0.3 is 26.0 Å². The maximum Gasteiger partial charge on any atom is 0.316 e. The van der Waals surface area contributed by atoms with Crippen molar-refractivity contribution in [3.05, 3.63) is 65.1 Å². The van der Waals surface area contributed by atoms with E-state index in [2.05, 4.69) is 16.0 Å². The number of likely N-dealkylation sites (tertiary alicyclic amines) is 1. The summed E-state index contributed by atoms with van der Waals surface area (Å²) in [6.45, 7) is 1.75. The minimum Gasteiger partial charge on any atom is -0.481 e. The molecule has 1 saturated heterocycles. The zero-order valence-electron chi connectivity index (χ0n) is 21.9. The number of amides is 4. The number of nitrogens with zero attached hydrogens (tertiary/aromatic N) is 2. The number of hydrogen-bond acceptors (Lipinski definition) is 6. The Bertz CT molecular complexity index is 1250. The predicted octanol–water partition coefficient (Wildman–Crippen LogP) is 1.51. The van der Waals surface area contributed by atoms with Crippen LogP contribution in [0.1, 0.15) is 38.2 Å². The Kier molecular flexibility index (Phi) is 10.3. The first-order chi connectivity index (χ1) is 19.0. The topological polar surface area (TPSA) is 185 Å². The Morgan fingerprint density at radius 1 is 1.00 bits per heavy atom. The molecule has 0 saturated carbocycles. The van der Waals surface area contributed by atoms with Crippen molar-refractivity contribution in [2.75, 3.05) is 11.9 Å². The van der Waals surface area contributed by atoms with Gasteiger partial charge in [-0.15, -0.1) is 0 Å². The summed E-state index contributed by atoms with van der Waals surface area (Å²) in [4.78, 5) is 74.4. The molecule has 40 heavy (non-hydrogen) atoms. The van der Waals surface area contributed by atoms with Gasteiger partial charge in [0.15, 0.2) is 0 Å². The van der Waals surface area contributed by atoms with Gasteiger partial charge in [-0.2, -0.15) is 0 Å². The van der Waals surface area contributed by atoms with Crippen molar-refractivity contribution in [3.8, 4) is 0 Å². The Balaban J connectivity index is 1.70. The zero-order valence-corrected chi connectivity index (χ0v) is 21.9. The van der Waals surface area contributed by atoms with Crippen LogP contribution in [0.4, 0.5) is 11.4 Å². The molecule has 0 unspecified atom stereocenters. The van der Waals surface area contributed by atoms with E-state index >= 15 is 0 Å². The number of aliphatic carboxylic acids is 1. The van der Waals surface area contributed by atoms with Crippen molar-refractivity contribution in [1.82, 2.24) is 15.5 Å². The van der Waals surface area contributed by atoms with Crippen molar-refractivity contribution >= 4 is 41.0 Å². The molecule has 0 spiro atoms. The quantitative estimate of drug-likeness (QED) is 0.244. The highest BCUT2D eigenvalue weighted by molar-refractivity contribution is 5.99. The second kappa shape index (κ2) is 13.8. The van der Waals surface area contributed by atoms with Crippen molar-refractivity contribution in [2.24, 2.45) is 0 Å². The molecule has 4 amide bonds. The number of carboxylic acids is 1. The summed E-state index contributed by atoms with van der Waals surface area (Å²) in [7, 11) is 0. The maximum atomic E-state index is 13.4. The van der Waals surface area contributed by atoms with Crippen LogP contribution in [0, 0.1) is 4.91 Å². The number of anilines is 1. The predicted molar refractivity (Wildman–Crippen MR) is 141 cm³/mol. The van der Waals surface area contributed by atoms with Gasteiger partial charge in [0.1, 0.15) is 18.1 Å². The van der Waals surface area contributed by atoms with Crippen molar-refractivity contribution in [2.45, 2.75) is 57.2 Å². The third kappa shape index (κ3) is 8.35. The number of carbonyl (C=O) groups excluding carboxylic acids is 4. The van der Waals surface area contributed by atoms with Gasteiger partial charge in [-0.3, -0.25) is 24.0 Å². The Hall–Kier alpha value is -4.81. The van der Waals surface area contributed by atoms with Crippen LogP contribution in [0.5, 0.6) is 0 Å². The van der Waals surface area contributed by atoms with Crippen molar-refractivity contribution in [1.29, 1.82) is 0 Å². The number of rotatable bonds is 12. The molecule has 0 bridgehead atoms. The SMILES string of the molecule is C[C@H](NC(=O)CCC(=O)O)C(=O)N1CCC[C@H]1C(=O)N[C@@H](Cc1ccccc1)C(=O)Nc1ccc([N+](=O)O)cc1. The molecule has 1 aliphatic heterocycles. The van der Waals surface area contributed by atoms with E-state index in [0.717, 1.165) is 5.56 Å². The fourth-order valence-corrected chi connectivity index (χ4v) is 4.38. The average molecular weight is 555 g/mol. The summed E-state index contributed by atoms with van der Waals surface area (Å²) in [5, 5.41) is 25.7. The fraction of sp³-hybridized carbons (Fsp3) is 0.370. The van der Waals surface area contributed by atoms with E-state index in [9.17, 15) is 28.9 Å². The number of nitrogens with one attached hydrogen (secondary N) is 3. The van der Waals surface area contributed by atoms with E-state index < -0.39 is 47.7 Å². The highest BCUT2D eigenvalue weighted by atomic mass is 16.6. The normalized spacial score (nSPS) is 15.9. The summed E-state index contributed by atoms with van der Waals surface area (Å²) in [5.74, 6) is -3.25. The minimum absolute atomic E-state index is 0.0227. The number of carboxylic acid groups (broad SMARTS) is 1. The van der Waals surface area contributed by atoms with Gasteiger partial charge in [0.05, 0.1) is 11.3 Å². The van der Waals surface area contributed by atoms with E-state index in [1.807, 2.05) is 18.2 Å². The minimum atomic E-state index is -1.13. The lowest BCUT2D eigenvalue weighted by atomic mass is 10.0. The molecular weight excluding hydrogens is 522 g/mol. The molecule has 5 N–H and O–H groups in total. The molecule has 13 heteroatoms. The summed E-state index contributed by atoms with van der Waals surface area (Å²) in [6.07, 6.45) is 0.441. The first-order valence-corrected chi connectivity index (χ1v) is 12.8. The fourth-order valence-electron chi connectivity index (χ4n) is 4.38. The Labute approximate surface area is 230 Å². The van der Waals surface area contributed by atoms with Crippen LogP contribution in [0.2, 0.25) is 0 Å². The first kappa shape index (κ1) is 29.7. The molecule has 2 aromatic carbocycles. The van der Waals surface area contributed by atoms with Crippen LogP contribution in [0.3, 0.4) is 0 Å². The first-order valence-electron chi connectivity index (χ1n) is 12.8. The molecule has 2 aromatic rings. The third-order valence-corrected chi connectivity index (χ3v) is 6.42. The maximum absolute atomic E-state index is 13.4. The van der Waals surface area contributed by atoms with Gasteiger partial charge >= 0.3 is 11.7 Å². The lowest BCUT2D eigenvalue weighted by Crippen LogP contribution is -2.55. The lowest BCUT2D eigenvalue weighted by molar-refractivity contribution is -0.729. The summed E-state index contributed by atoms with van der Waals surface area (Å²) >= 11 is 0. The number of benzene rings is 2. The van der Waals surface area contributed by atoms with Gasteiger partial charge in [-0.1, -0.05) is 30.3 Å². The van der Waals surface area contributed by atoms with Gasteiger partial charge in [0.25, 0.3) is 4.92 Å². The van der Waals surface area contributed by atoms with E-state index in [-0.39, 0.29) is 36.4 Å². The largest absolute Gasteiger partial charge is 0.481 e. The second-order valence-corrected chi connectivity index (χ2v) is 9.43. The Morgan fingerprint density at radius 3 is 2.30 bits per heavy atom. The van der Waals surface area contributed by atoms with Gasteiger partial charge in [-0.05, 0) is 37.5 Å². The summed E-state index contributed by atoms with van der Waals surface area (Å²) in [5.41, 5.74) is 1.11. The highest BCUT2D eigenvalue weighted by Gasteiger charge is 2.37. The average Bonchev–Trinajstić information content (AvgIpc) is 3.42. The highest BCUT2D eigenvalue weighted by Crippen LogP contribution is 2.20. The van der Waals surface area contributed by atoms with Gasteiger partial charge in [0.2, 0.25) is 23.6 Å². The molecule has 0 radical (unpaired) electrons. The van der Waals surface area contributed by atoms with Crippen LogP contribution in [-0.2, 0) is 30.4 Å². The van der Waals surface area contributed by atoms with Crippen LogP contribution in [0.15, 0.2) is 54.6 Å². The van der Waals surface area contributed by atoms with E-state index in [1.165, 1.54) is 36.1 Å². The van der Waals surface area contributed by atoms with Crippen molar-refractivity contribution in [3.63, 3.8) is 0 Å². The Morgan fingerprint density at radius 2 is 1.68 bits per heavy atom. The molecule has 1 fully saturated rings. The number of carbonyl (C=O) groups is 5. The molecule has 3 rings (SSSR count). The monoisotopic (exact) mass is 554 g/mol. The summed E-state index contributed by atoms with van der Waals surface area (Å²) in [6, 6.07) is 11.7. The van der Waals surface area contributed by atoms with Crippen LogP contribution in [-0.4, -0.2) is 74.4 Å². The van der Waals surface area contributed by atoms with Crippen molar-refractivity contribution < 1.29 is 39.2 Å². The standard InChI is InChI=1S/C27H31N5O8/c1-17(28-23(33)13-14-24(34)35)27(38)31-15-5-8-22(31)26(37)30-21(16-18-6-3-2-4-7-18)25(36)29-19-9-11-20(12-10-19)32(39)40/h2-4,6-7,9-12,17,21-22H,5,8,13-16H2,1H3,(H4-,28,29,30,33,34,35,36,37,39,40)/p+1/t17-,21-,22-/m0/s1. The lowest BCUT2D eigenvalue weighted by Gasteiger charge is -2.28. The van der Waals surface area contributed by atoms with E-state index in [4.69, 9.17) is 10.3 Å². The molecule has 1 aliphatic rings. The molecule has 1 heterocycles. The summed E-state index contributed by atoms with van der Waals surface area (Å²) < 4.78 is 0. The number of hydrogen-bond donors (Lipinski definition) is 5. The third-order valence-electron chi connectivity index (χ3n) is 6.42. The molecule has 3 atom stereocenters. The van der Waals surface area contributed by atoms with Gasteiger partial charge in [0, 0.05) is 37.2 Å². The van der Waals surface area contributed by atoms with Crippen LogP contribution in [0.25, 0.3) is 0 Å². The molecule has 0 aliphatic carbocycles. The zero-order chi connectivity index (χ0) is 29.2.